The molecule has 2 aromatic rings. The summed E-state index contributed by atoms with van der Waals surface area (Å²) in [6.45, 7) is 5.04. The van der Waals surface area contributed by atoms with Crippen molar-refractivity contribution in [3.05, 3.63) is 65.2 Å². The smallest absolute Gasteiger partial charge is 0.119 e. The van der Waals surface area contributed by atoms with E-state index in [1.165, 1.54) is 44.1 Å². The van der Waals surface area contributed by atoms with E-state index in [4.69, 9.17) is 4.74 Å². The van der Waals surface area contributed by atoms with Gasteiger partial charge >= 0.3 is 0 Å². The predicted molar refractivity (Wildman–Crippen MR) is 109 cm³/mol. The topological polar surface area (TPSA) is 41.8 Å². The fourth-order valence-electron chi connectivity index (χ4n) is 2.95. The molecule has 0 saturated heterocycles. The van der Waals surface area contributed by atoms with Crippen LogP contribution in [0.3, 0.4) is 0 Å². The minimum Gasteiger partial charge on any atom is -0.494 e. The van der Waals surface area contributed by atoms with Gasteiger partial charge < -0.3 is 9.94 Å². The number of benzene rings is 2. The number of nitrogens with zero attached hydrogens (tertiary/aromatic N) is 1. The molecule has 0 saturated carbocycles. The Morgan fingerprint density at radius 3 is 1.92 bits per heavy atom. The molecule has 3 heteroatoms. The number of hydrogen-bond acceptors (Lipinski definition) is 3. The number of hydrogen-bond donors (Lipinski definition) is 1. The van der Waals surface area contributed by atoms with Gasteiger partial charge in [-0.05, 0) is 37.6 Å². The molecule has 0 fully saturated rings. The molecular weight excluding hydrogens is 322 g/mol. The fourth-order valence-corrected chi connectivity index (χ4v) is 2.95. The summed E-state index contributed by atoms with van der Waals surface area (Å²) in [5.74, 6) is 0.862. The number of rotatable bonds is 11. The average molecular weight is 354 g/mol. The van der Waals surface area contributed by atoms with Gasteiger partial charge in [0.2, 0.25) is 0 Å². The third-order valence-electron chi connectivity index (χ3n) is 4.57. The van der Waals surface area contributed by atoms with E-state index in [2.05, 4.69) is 12.1 Å². The second kappa shape index (κ2) is 11.3. The monoisotopic (exact) mass is 353 g/mol. The van der Waals surface area contributed by atoms with Crippen LogP contribution in [0.4, 0.5) is 0 Å². The molecule has 2 aromatic carbocycles. The van der Waals surface area contributed by atoms with Gasteiger partial charge in [0.1, 0.15) is 11.5 Å². The maximum absolute atomic E-state index is 9.41. The van der Waals surface area contributed by atoms with Crippen molar-refractivity contribution in [2.24, 2.45) is 5.16 Å². The van der Waals surface area contributed by atoms with Gasteiger partial charge in [-0.3, -0.25) is 0 Å². The summed E-state index contributed by atoms with van der Waals surface area (Å²) in [4.78, 5) is 0. The summed E-state index contributed by atoms with van der Waals surface area (Å²) in [6, 6.07) is 15.7. The highest BCUT2D eigenvalue weighted by atomic mass is 16.5. The number of ether oxygens (including phenoxy) is 1. The lowest BCUT2D eigenvalue weighted by Gasteiger charge is -2.09. The van der Waals surface area contributed by atoms with Gasteiger partial charge in [-0.1, -0.05) is 80.4 Å². The molecule has 0 amide bonds. The number of aryl methyl sites for hydroxylation is 1. The van der Waals surface area contributed by atoms with Crippen molar-refractivity contribution in [1.82, 2.24) is 0 Å². The van der Waals surface area contributed by atoms with Gasteiger partial charge in [0.25, 0.3) is 0 Å². The third-order valence-corrected chi connectivity index (χ3v) is 4.57. The van der Waals surface area contributed by atoms with E-state index in [1.807, 2.05) is 55.5 Å². The van der Waals surface area contributed by atoms with Crippen LogP contribution >= 0.6 is 0 Å². The Morgan fingerprint density at radius 2 is 1.35 bits per heavy atom. The summed E-state index contributed by atoms with van der Waals surface area (Å²) in [5.41, 5.74) is 3.53. The van der Waals surface area contributed by atoms with E-state index in [0.717, 1.165) is 29.9 Å². The standard InChI is InChI=1S/C23H31NO2/c1-3-4-5-6-7-8-9-18-26-22-16-14-21(15-17-22)23(24-25)20-12-10-19(2)11-13-20/h10-17,25H,3-9,18H2,1-2H3. The highest BCUT2D eigenvalue weighted by Gasteiger charge is 2.08. The van der Waals surface area contributed by atoms with Crippen LogP contribution in [0.2, 0.25) is 0 Å². The lowest BCUT2D eigenvalue weighted by Crippen LogP contribution is -2.04. The summed E-state index contributed by atoms with van der Waals surface area (Å²) in [6.07, 6.45) is 8.97. The molecule has 0 aromatic heterocycles. The van der Waals surface area contributed by atoms with Crippen LogP contribution in [0, 0.1) is 6.92 Å². The van der Waals surface area contributed by atoms with Crippen LogP contribution < -0.4 is 4.74 Å². The van der Waals surface area contributed by atoms with Crippen molar-refractivity contribution in [3.8, 4) is 5.75 Å². The lowest BCUT2D eigenvalue weighted by atomic mass is 10.0. The average Bonchev–Trinajstić information content (AvgIpc) is 2.67. The van der Waals surface area contributed by atoms with E-state index in [9.17, 15) is 5.21 Å². The maximum Gasteiger partial charge on any atom is 0.119 e. The molecule has 0 aliphatic rings. The third kappa shape index (κ3) is 6.55. The van der Waals surface area contributed by atoms with Crippen LogP contribution in [-0.4, -0.2) is 17.5 Å². The number of oxime groups is 1. The Labute approximate surface area is 157 Å². The highest BCUT2D eigenvalue weighted by Crippen LogP contribution is 2.17. The van der Waals surface area contributed by atoms with Crippen LogP contribution in [0.15, 0.2) is 53.7 Å². The van der Waals surface area contributed by atoms with Crippen LogP contribution in [0.25, 0.3) is 0 Å². The fraction of sp³-hybridized carbons (Fsp3) is 0.435. The van der Waals surface area contributed by atoms with Crippen molar-refractivity contribution < 1.29 is 9.94 Å². The van der Waals surface area contributed by atoms with Gasteiger partial charge in [-0.25, -0.2) is 0 Å². The second-order valence-electron chi connectivity index (χ2n) is 6.81. The molecule has 0 spiro atoms. The Kier molecular flexibility index (Phi) is 8.74. The molecule has 1 N–H and O–H groups in total. The first-order valence-electron chi connectivity index (χ1n) is 9.77. The van der Waals surface area contributed by atoms with Crippen LogP contribution in [0.1, 0.15) is 68.6 Å². The first kappa shape index (κ1) is 20.0. The van der Waals surface area contributed by atoms with Gasteiger partial charge in [0, 0.05) is 11.1 Å². The van der Waals surface area contributed by atoms with Gasteiger partial charge in [-0.2, -0.15) is 0 Å². The molecule has 0 aliphatic heterocycles. The summed E-state index contributed by atoms with van der Waals surface area (Å²) in [7, 11) is 0. The molecule has 2 rings (SSSR count). The molecule has 140 valence electrons. The first-order valence-corrected chi connectivity index (χ1v) is 9.77. The van der Waals surface area contributed by atoms with Crippen molar-refractivity contribution in [1.29, 1.82) is 0 Å². The molecule has 0 bridgehead atoms. The van der Waals surface area contributed by atoms with Gasteiger partial charge in [-0.15, -0.1) is 0 Å². The zero-order chi connectivity index (χ0) is 18.6. The lowest BCUT2D eigenvalue weighted by molar-refractivity contribution is 0.304. The molecule has 0 atom stereocenters. The Hall–Kier alpha value is -2.29. The largest absolute Gasteiger partial charge is 0.494 e. The van der Waals surface area contributed by atoms with Crippen molar-refractivity contribution >= 4 is 5.71 Å². The molecule has 3 nitrogen and oxygen atoms in total. The highest BCUT2D eigenvalue weighted by molar-refractivity contribution is 6.12. The van der Waals surface area contributed by atoms with Gasteiger partial charge in [0.15, 0.2) is 0 Å². The number of unbranched alkanes of at least 4 members (excludes halogenated alkanes) is 6. The zero-order valence-electron chi connectivity index (χ0n) is 16.1. The van der Waals surface area contributed by atoms with E-state index in [1.54, 1.807) is 0 Å². The Balaban J connectivity index is 1.79. The van der Waals surface area contributed by atoms with Crippen LogP contribution in [-0.2, 0) is 0 Å². The normalized spacial score (nSPS) is 11.5. The minimum absolute atomic E-state index is 0.573. The maximum atomic E-state index is 9.41. The van der Waals surface area contributed by atoms with E-state index in [-0.39, 0.29) is 0 Å². The summed E-state index contributed by atoms with van der Waals surface area (Å²) in [5, 5.41) is 12.9. The molecule has 0 unspecified atom stereocenters. The van der Waals surface area contributed by atoms with E-state index in [0.29, 0.717) is 5.71 Å². The molecule has 0 heterocycles. The SMILES string of the molecule is CCCCCCCCCOc1ccc(C(=NO)c2ccc(C)cc2)cc1. The minimum atomic E-state index is 0.573. The van der Waals surface area contributed by atoms with Gasteiger partial charge in [0.05, 0.1) is 6.61 Å². The molecule has 26 heavy (non-hydrogen) atoms. The van der Waals surface area contributed by atoms with Crippen molar-refractivity contribution in [2.45, 2.75) is 58.8 Å². The van der Waals surface area contributed by atoms with Crippen LogP contribution in [0.5, 0.6) is 5.75 Å². The predicted octanol–water partition coefficient (Wildman–Crippen LogP) is 6.35. The van der Waals surface area contributed by atoms with E-state index >= 15 is 0 Å². The van der Waals surface area contributed by atoms with Crippen molar-refractivity contribution in [2.75, 3.05) is 6.61 Å². The first-order chi connectivity index (χ1) is 12.7. The van der Waals surface area contributed by atoms with Crippen molar-refractivity contribution in [3.63, 3.8) is 0 Å². The summed E-state index contributed by atoms with van der Waals surface area (Å²) >= 11 is 0. The molecular formula is C23H31NO2. The zero-order valence-corrected chi connectivity index (χ0v) is 16.1. The second-order valence-corrected chi connectivity index (χ2v) is 6.81. The molecule has 0 aliphatic carbocycles. The Morgan fingerprint density at radius 1 is 0.808 bits per heavy atom. The van der Waals surface area contributed by atoms with E-state index < -0.39 is 0 Å². The summed E-state index contributed by atoms with van der Waals surface area (Å²) < 4.78 is 5.82. The molecule has 0 radical (unpaired) electrons. The quantitative estimate of drug-likeness (QED) is 0.221. The Bertz CT molecular complexity index is 660.